The Kier molecular flexibility index (Phi) is 8.60. The fourth-order valence-electron chi connectivity index (χ4n) is 2.84. The lowest BCUT2D eigenvalue weighted by Gasteiger charge is -2.32. The molecule has 5 nitrogen and oxygen atoms in total. The van der Waals surface area contributed by atoms with Crippen molar-refractivity contribution in [1.82, 2.24) is 9.80 Å². The monoisotopic (exact) mass is 348 g/mol. The second kappa shape index (κ2) is 11.0. The Morgan fingerprint density at radius 1 is 1.00 bits per heavy atom. The fraction of sp³-hybridized carbons (Fsp3) is 0.650. The Balaban J connectivity index is 1.69. The van der Waals surface area contributed by atoms with Gasteiger partial charge in [0.15, 0.2) is 6.61 Å². The Hall–Kier alpha value is -1.75. The highest BCUT2D eigenvalue weighted by Gasteiger charge is 2.19. The van der Waals surface area contributed by atoms with Gasteiger partial charge in [-0.1, -0.05) is 38.7 Å². The molecule has 0 spiro atoms. The number of carbonyl (C=O) groups excluding carboxylic acids is 1. The average Bonchev–Trinajstić information content (AvgIpc) is 2.63. The van der Waals surface area contributed by atoms with Crippen molar-refractivity contribution in [2.45, 2.75) is 39.0 Å². The molecular weight excluding hydrogens is 316 g/mol. The smallest absolute Gasteiger partial charge is 0.260 e. The topological polar surface area (TPSA) is 42.0 Å². The zero-order valence-electron chi connectivity index (χ0n) is 15.7. The summed E-state index contributed by atoms with van der Waals surface area (Å²) in [6.45, 7) is 6.44. The molecule has 0 unspecified atom stereocenters. The normalized spacial score (nSPS) is 15.2. The van der Waals surface area contributed by atoms with E-state index in [1.807, 2.05) is 29.2 Å². The molecule has 5 heteroatoms. The molecule has 1 aliphatic rings. The number of carbonyl (C=O) groups is 1. The molecular formula is C20H32N2O3. The second-order valence-electron chi connectivity index (χ2n) is 6.71. The van der Waals surface area contributed by atoms with Gasteiger partial charge in [-0.15, -0.1) is 0 Å². The number of ether oxygens (including phenoxy) is 2. The quantitative estimate of drug-likeness (QED) is 0.609. The predicted octanol–water partition coefficient (Wildman–Crippen LogP) is 3.19. The highest BCUT2D eigenvalue weighted by molar-refractivity contribution is 5.77. The van der Waals surface area contributed by atoms with Gasteiger partial charge in [-0.25, -0.2) is 0 Å². The van der Waals surface area contributed by atoms with E-state index in [0.717, 1.165) is 45.0 Å². The van der Waals surface area contributed by atoms with Crippen LogP contribution in [0, 0.1) is 0 Å². The molecule has 1 fully saturated rings. The number of unbranched alkanes of at least 4 members (excludes halogenated alkanes) is 4. The van der Waals surface area contributed by atoms with Gasteiger partial charge >= 0.3 is 0 Å². The van der Waals surface area contributed by atoms with Gasteiger partial charge in [-0.05, 0) is 25.6 Å². The van der Waals surface area contributed by atoms with E-state index in [9.17, 15) is 4.79 Å². The molecule has 0 N–H and O–H groups in total. The molecule has 1 heterocycles. The van der Waals surface area contributed by atoms with Crippen molar-refractivity contribution in [3.63, 3.8) is 0 Å². The van der Waals surface area contributed by atoms with Crippen LogP contribution in [-0.2, 0) is 4.79 Å². The van der Waals surface area contributed by atoms with Gasteiger partial charge < -0.3 is 19.3 Å². The van der Waals surface area contributed by atoms with Crippen LogP contribution in [-0.4, -0.2) is 62.1 Å². The lowest BCUT2D eigenvalue weighted by Crippen LogP contribution is -2.48. The highest BCUT2D eigenvalue weighted by Crippen LogP contribution is 2.20. The van der Waals surface area contributed by atoms with Crippen LogP contribution < -0.4 is 9.47 Å². The van der Waals surface area contributed by atoms with E-state index in [1.165, 1.54) is 25.7 Å². The SMILES string of the molecule is CCCCCCCOc1cccc(OCC(=O)N2CCN(C)CC2)c1. The van der Waals surface area contributed by atoms with E-state index in [2.05, 4.69) is 18.9 Å². The highest BCUT2D eigenvalue weighted by atomic mass is 16.5. The number of hydrogen-bond acceptors (Lipinski definition) is 4. The predicted molar refractivity (Wildman–Crippen MR) is 100 cm³/mol. The van der Waals surface area contributed by atoms with Crippen molar-refractivity contribution in [1.29, 1.82) is 0 Å². The average molecular weight is 348 g/mol. The van der Waals surface area contributed by atoms with Crippen molar-refractivity contribution < 1.29 is 14.3 Å². The number of hydrogen-bond donors (Lipinski definition) is 0. The molecule has 25 heavy (non-hydrogen) atoms. The third-order valence-corrected chi connectivity index (χ3v) is 4.54. The summed E-state index contributed by atoms with van der Waals surface area (Å²) in [6.07, 6.45) is 6.12. The van der Waals surface area contributed by atoms with Crippen molar-refractivity contribution in [3.8, 4) is 11.5 Å². The van der Waals surface area contributed by atoms with E-state index in [0.29, 0.717) is 5.75 Å². The summed E-state index contributed by atoms with van der Waals surface area (Å²) in [5.74, 6) is 1.54. The first kappa shape index (κ1) is 19.6. The number of amides is 1. The van der Waals surface area contributed by atoms with Crippen LogP contribution in [0.3, 0.4) is 0 Å². The summed E-state index contributed by atoms with van der Waals surface area (Å²) in [6, 6.07) is 7.57. The zero-order chi connectivity index (χ0) is 17.9. The molecule has 1 aromatic carbocycles. The van der Waals surface area contributed by atoms with E-state index in [1.54, 1.807) is 0 Å². The third kappa shape index (κ3) is 7.34. The third-order valence-electron chi connectivity index (χ3n) is 4.54. The van der Waals surface area contributed by atoms with Gasteiger partial charge in [0.2, 0.25) is 0 Å². The van der Waals surface area contributed by atoms with Crippen LogP contribution in [0.5, 0.6) is 11.5 Å². The minimum Gasteiger partial charge on any atom is -0.493 e. The van der Waals surface area contributed by atoms with Crippen LogP contribution >= 0.6 is 0 Å². The van der Waals surface area contributed by atoms with Crippen LogP contribution in [0.1, 0.15) is 39.0 Å². The Bertz CT molecular complexity index is 513. The van der Waals surface area contributed by atoms with Crippen molar-refractivity contribution in [2.24, 2.45) is 0 Å². The van der Waals surface area contributed by atoms with Gasteiger partial charge in [0.1, 0.15) is 11.5 Å². The van der Waals surface area contributed by atoms with Gasteiger partial charge in [0.25, 0.3) is 5.91 Å². The van der Waals surface area contributed by atoms with E-state index in [-0.39, 0.29) is 12.5 Å². The summed E-state index contributed by atoms with van der Waals surface area (Å²) >= 11 is 0. The van der Waals surface area contributed by atoms with Crippen LogP contribution in [0.15, 0.2) is 24.3 Å². The van der Waals surface area contributed by atoms with Gasteiger partial charge in [-0.2, -0.15) is 0 Å². The van der Waals surface area contributed by atoms with Crippen molar-refractivity contribution in [2.75, 3.05) is 46.4 Å². The first-order valence-corrected chi connectivity index (χ1v) is 9.51. The number of likely N-dealkylation sites (N-methyl/N-ethyl adjacent to an activating group) is 1. The summed E-state index contributed by atoms with van der Waals surface area (Å²) in [5, 5.41) is 0. The molecule has 2 rings (SSSR count). The van der Waals surface area contributed by atoms with Gasteiger partial charge in [0, 0.05) is 32.2 Å². The minimum atomic E-state index is 0.0512. The van der Waals surface area contributed by atoms with Crippen molar-refractivity contribution >= 4 is 5.91 Å². The zero-order valence-corrected chi connectivity index (χ0v) is 15.7. The summed E-state index contributed by atoms with van der Waals surface area (Å²) < 4.78 is 11.4. The maximum absolute atomic E-state index is 12.2. The standard InChI is InChI=1S/C20H32N2O3/c1-3-4-5-6-7-15-24-18-9-8-10-19(16-18)25-17-20(23)22-13-11-21(2)12-14-22/h8-10,16H,3-7,11-15,17H2,1-2H3. The lowest BCUT2D eigenvalue weighted by molar-refractivity contribution is -0.134. The minimum absolute atomic E-state index is 0.0512. The second-order valence-corrected chi connectivity index (χ2v) is 6.71. The van der Waals surface area contributed by atoms with Crippen molar-refractivity contribution in [3.05, 3.63) is 24.3 Å². The maximum Gasteiger partial charge on any atom is 0.260 e. The molecule has 1 aliphatic heterocycles. The number of nitrogens with zero attached hydrogens (tertiary/aromatic N) is 2. The van der Waals surface area contributed by atoms with E-state index < -0.39 is 0 Å². The summed E-state index contributed by atoms with van der Waals surface area (Å²) in [7, 11) is 2.08. The largest absolute Gasteiger partial charge is 0.493 e. The van der Waals surface area contributed by atoms with Crippen LogP contribution in [0.2, 0.25) is 0 Å². The fourth-order valence-corrected chi connectivity index (χ4v) is 2.84. The molecule has 0 aliphatic carbocycles. The van der Waals surface area contributed by atoms with Crippen LogP contribution in [0.4, 0.5) is 0 Å². The van der Waals surface area contributed by atoms with Gasteiger partial charge in [0.05, 0.1) is 6.61 Å². The molecule has 1 saturated heterocycles. The van der Waals surface area contributed by atoms with Gasteiger partial charge in [-0.3, -0.25) is 4.79 Å². The molecule has 1 amide bonds. The molecule has 0 aromatic heterocycles. The number of piperazine rings is 1. The maximum atomic E-state index is 12.2. The molecule has 0 radical (unpaired) electrons. The Labute approximate surface area is 151 Å². The number of rotatable bonds is 10. The van der Waals surface area contributed by atoms with E-state index in [4.69, 9.17) is 9.47 Å². The summed E-state index contributed by atoms with van der Waals surface area (Å²) in [4.78, 5) is 16.3. The first-order valence-electron chi connectivity index (χ1n) is 9.51. The molecule has 0 saturated carbocycles. The Morgan fingerprint density at radius 3 is 2.40 bits per heavy atom. The summed E-state index contributed by atoms with van der Waals surface area (Å²) in [5.41, 5.74) is 0. The Morgan fingerprint density at radius 2 is 1.68 bits per heavy atom. The molecule has 0 atom stereocenters. The lowest BCUT2D eigenvalue weighted by atomic mass is 10.2. The number of benzene rings is 1. The molecule has 140 valence electrons. The van der Waals surface area contributed by atoms with Crippen LogP contribution in [0.25, 0.3) is 0 Å². The molecule has 1 aromatic rings. The van der Waals surface area contributed by atoms with E-state index >= 15 is 0 Å². The first-order chi connectivity index (χ1) is 12.2. The molecule has 0 bridgehead atoms.